The van der Waals surface area contributed by atoms with Gasteiger partial charge in [-0.15, -0.1) is 11.3 Å². The lowest BCUT2D eigenvalue weighted by Crippen LogP contribution is -2.48. The lowest BCUT2D eigenvalue weighted by Gasteiger charge is -2.33. The first-order valence-electron chi connectivity index (χ1n) is 7.23. The van der Waals surface area contributed by atoms with Crippen molar-refractivity contribution >= 4 is 26.5 Å². The highest BCUT2D eigenvalue weighted by Crippen LogP contribution is 2.25. The molecule has 3 heterocycles. The maximum Gasteiger partial charge on any atom is 0.248 e. The average molecular weight is 357 g/mol. The maximum atomic E-state index is 12.7. The van der Waals surface area contributed by atoms with Crippen LogP contribution in [0.3, 0.4) is 0 Å². The van der Waals surface area contributed by atoms with Crippen molar-refractivity contribution in [3.63, 3.8) is 0 Å². The van der Waals surface area contributed by atoms with Crippen molar-refractivity contribution in [2.45, 2.75) is 25.3 Å². The van der Waals surface area contributed by atoms with Gasteiger partial charge in [0.1, 0.15) is 10.6 Å². The fourth-order valence-electron chi connectivity index (χ4n) is 2.72. The van der Waals surface area contributed by atoms with Crippen molar-refractivity contribution in [1.82, 2.24) is 19.3 Å². The highest BCUT2D eigenvalue weighted by atomic mass is 32.2. The molecule has 23 heavy (non-hydrogen) atoms. The fourth-order valence-corrected chi connectivity index (χ4v) is 5.16. The van der Waals surface area contributed by atoms with Gasteiger partial charge in [0.2, 0.25) is 10.0 Å². The number of anilines is 1. The summed E-state index contributed by atoms with van der Waals surface area (Å²) in [6.07, 6.45) is 1.77. The highest BCUT2D eigenvalue weighted by Gasteiger charge is 2.33. The van der Waals surface area contributed by atoms with E-state index >= 15 is 0 Å². The van der Waals surface area contributed by atoms with Crippen molar-refractivity contribution < 1.29 is 12.9 Å². The molecule has 126 valence electrons. The Hall–Kier alpha value is -1.49. The summed E-state index contributed by atoms with van der Waals surface area (Å²) in [5.41, 5.74) is 6.04. The second-order valence-electron chi connectivity index (χ2n) is 5.50. The van der Waals surface area contributed by atoms with Crippen LogP contribution in [0.25, 0.3) is 0 Å². The predicted octanol–water partition coefficient (Wildman–Crippen LogP) is 0.837. The molecule has 1 saturated heterocycles. The summed E-state index contributed by atoms with van der Waals surface area (Å²) in [5, 5.41) is 4.30. The van der Waals surface area contributed by atoms with Gasteiger partial charge in [0.15, 0.2) is 10.9 Å². The number of hydrogen-bond donors (Lipinski definition) is 1. The summed E-state index contributed by atoms with van der Waals surface area (Å²) >= 11 is 1.46. The van der Waals surface area contributed by atoms with E-state index in [0.717, 1.165) is 11.4 Å². The van der Waals surface area contributed by atoms with Crippen LogP contribution in [-0.4, -0.2) is 53.9 Å². The van der Waals surface area contributed by atoms with Crippen LogP contribution in [0, 0.1) is 13.8 Å². The summed E-state index contributed by atoms with van der Waals surface area (Å²) in [6, 6.07) is 0. The number of thiazole rings is 1. The molecule has 0 amide bonds. The molecule has 0 saturated carbocycles. The van der Waals surface area contributed by atoms with Crippen LogP contribution in [0.15, 0.2) is 15.6 Å². The molecule has 8 nitrogen and oxygen atoms in total. The van der Waals surface area contributed by atoms with Gasteiger partial charge in [-0.1, -0.05) is 5.16 Å². The summed E-state index contributed by atoms with van der Waals surface area (Å²) in [6.45, 7) is 6.24. The number of hydrogen-bond acceptors (Lipinski definition) is 8. The van der Waals surface area contributed by atoms with E-state index in [1.165, 1.54) is 15.6 Å². The number of nitrogens with zero attached hydrogens (tertiary/aromatic N) is 4. The van der Waals surface area contributed by atoms with Crippen LogP contribution in [0.4, 0.5) is 5.13 Å². The Morgan fingerprint density at radius 2 is 2.00 bits per heavy atom. The van der Waals surface area contributed by atoms with Crippen LogP contribution >= 0.6 is 11.3 Å². The van der Waals surface area contributed by atoms with Gasteiger partial charge in [-0.05, 0) is 13.8 Å². The molecule has 1 aliphatic heterocycles. The Bertz CT molecular complexity index is 771. The second-order valence-corrected chi connectivity index (χ2v) is 8.52. The number of rotatable bonds is 4. The van der Waals surface area contributed by atoms with Gasteiger partial charge < -0.3 is 10.3 Å². The van der Waals surface area contributed by atoms with Crippen LogP contribution in [-0.2, 0) is 16.6 Å². The lowest BCUT2D eigenvalue weighted by molar-refractivity contribution is 0.182. The number of sulfonamides is 1. The van der Waals surface area contributed by atoms with E-state index in [0.29, 0.717) is 42.8 Å². The van der Waals surface area contributed by atoms with E-state index in [9.17, 15) is 8.42 Å². The minimum absolute atomic E-state index is 0.196. The molecule has 0 atom stereocenters. The van der Waals surface area contributed by atoms with Crippen LogP contribution in [0.5, 0.6) is 0 Å². The van der Waals surface area contributed by atoms with Crippen LogP contribution in [0.2, 0.25) is 0 Å². The normalized spacial score (nSPS) is 17.7. The van der Waals surface area contributed by atoms with Gasteiger partial charge in [-0.2, -0.15) is 4.31 Å². The maximum absolute atomic E-state index is 12.7. The SMILES string of the molecule is Cc1noc(C)c1S(=O)(=O)N1CCN(Cc2cnc(N)s2)CC1. The van der Waals surface area contributed by atoms with Crippen molar-refractivity contribution in [2.24, 2.45) is 0 Å². The summed E-state index contributed by atoms with van der Waals surface area (Å²) in [7, 11) is -3.55. The topological polar surface area (TPSA) is 106 Å². The third-order valence-electron chi connectivity index (χ3n) is 3.85. The second kappa shape index (κ2) is 6.19. The Kier molecular flexibility index (Phi) is 4.41. The minimum atomic E-state index is -3.55. The van der Waals surface area contributed by atoms with E-state index in [-0.39, 0.29) is 4.90 Å². The molecule has 3 rings (SSSR count). The van der Waals surface area contributed by atoms with Gasteiger partial charge >= 0.3 is 0 Å². The molecular weight excluding hydrogens is 338 g/mol. The van der Waals surface area contributed by atoms with E-state index in [2.05, 4.69) is 15.0 Å². The molecule has 0 radical (unpaired) electrons. The summed E-state index contributed by atoms with van der Waals surface area (Å²) in [5.74, 6) is 0.338. The summed E-state index contributed by atoms with van der Waals surface area (Å²) in [4.78, 5) is 7.52. The molecule has 1 fully saturated rings. The number of aryl methyl sites for hydroxylation is 2. The first-order valence-corrected chi connectivity index (χ1v) is 9.49. The number of aromatic nitrogens is 2. The van der Waals surface area contributed by atoms with Gasteiger partial charge in [-0.25, -0.2) is 13.4 Å². The molecule has 2 aromatic rings. The monoisotopic (exact) mass is 357 g/mol. The molecule has 0 spiro atoms. The predicted molar refractivity (Wildman–Crippen MR) is 86.5 cm³/mol. The van der Waals surface area contributed by atoms with Crippen molar-refractivity contribution in [3.05, 3.63) is 22.5 Å². The molecule has 2 N–H and O–H groups in total. The van der Waals surface area contributed by atoms with E-state index in [1.807, 2.05) is 0 Å². The Labute approximate surface area is 138 Å². The van der Waals surface area contributed by atoms with Crippen LogP contribution < -0.4 is 5.73 Å². The van der Waals surface area contributed by atoms with Crippen LogP contribution in [0.1, 0.15) is 16.3 Å². The molecule has 10 heteroatoms. The van der Waals surface area contributed by atoms with Crippen molar-refractivity contribution in [2.75, 3.05) is 31.9 Å². The van der Waals surface area contributed by atoms with Gasteiger partial charge in [-0.3, -0.25) is 4.90 Å². The van der Waals surface area contributed by atoms with E-state index < -0.39 is 10.0 Å². The summed E-state index contributed by atoms with van der Waals surface area (Å²) < 4.78 is 32.0. The Balaban J connectivity index is 1.66. The molecule has 1 aliphatic rings. The third-order valence-corrected chi connectivity index (χ3v) is 6.80. The van der Waals surface area contributed by atoms with Crippen molar-refractivity contribution in [3.8, 4) is 0 Å². The standard InChI is InChI=1S/C13H19N5O3S2/c1-9-12(10(2)21-16-9)23(19,20)18-5-3-17(4-6-18)8-11-7-15-13(14)22-11/h7H,3-6,8H2,1-2H3,(H2,14,15). The molecule has 0 aromatic carbocycles. The van der Waals surface area contributed by atoms with Gasteiger partial charge in [0.25, 0.3) is 0 Å². The fraction of sp³-hybridized carbons (Fsp3) is 0.538. The quantitative estimate of drug-likeness (QED) is 0.864. The van der Waals surface area contributed by atoms with E-state index in [1.54, 1.807) is 20.0 Å². The Morgan fingerprint density at radius 1 is 1.30 bits per heavy atom. The third kappa shape index (κ3) is 3.25. The number of nitrogen functional groups attached to an aromatic ring is 1. The number of nitrogens with two attached hydrogens (primary N) is 1. The highest BCUT2D eigenvalue weighted by molar-refractivity contribution is 7.89. The average Bonchev–Trinajstić information content (AvgIpc) is 3.05. The zero-order valence-corrected chi connectivity index (χ0v) is 14.7. The first-order chi connectivity index (χ1) is 10.9. The van der Waals surface area contributed by atoms with E-state index in [4.69, 9.17) is 10.3 Å². The zero-order valence-electron chi connectivity index (χ0n) is 13.0. The molecule has 0 aliphatic carbocycles. The minimum Gasteiger partial charge on any atom is -0.375 e. The lowest BCUT2D eigenvalue weighted by atomic mass is 10.3. The molecule has 0 unspecified atom stereocenters. The van der Waals surface area contributed by atoms with Gasteiger partial charge in [0, 0.05) is 43.8 Å². The Morgan fingerprint density at radius 3 is 2.52 bits per heavy atom. The molecule has 0 bridgehead atoms. The largest absolute Gasteiger partial charge is 0.375 e. The smallest absolute Gasteiger partial charge is 0.248 e. The first kappa shape index (κ1) is 16.4. The molecular formula is C13H19N5O3S2. The number of piperazine rings is 1. The zero-order chi connectivity index (χ0) is 16.6. The van der Waals surface area contributed by atoms with Crippen molar-refractivity contribution in [1.29, 1.82) is 0 Å². The molecule has 2 aromatic heterocycles. The van der Waals surface area contributed by atoms with Gasteiger partial charge in [0.05, 0.1) is 0 Å².